The first-order valence-electron chi connectivity index (χ1n) is 18.0. The fourth-order valence-electron chi connectivity index (χ4n) is 6.20. The van der Waals surface area contributed by atoms with Crippen LogP contribution in [0.5, 0.6) is 0 Å². The van der Waals surface area contributed by atoms with Gasteiger partial charge in [-0.15, -0.1) is 20.4 Å². The van der Waals surface area contributed by atoms with Gasteiger partial charge in [0.1, 0.15) is 34.2 Å². The van der Waals surface area contributed by atoms with Crippen LogP contribution in [0.4, 0.5) is 0 Å². The Morgan fingerprint density at radius 1 is 0.281 bits per heavy atom. The highest BCUT2D eigenvalue weighted by Crippen LogP contribution is 2.34. The Bertz CT molecular complexity index is 3350. The van der Waals surface area contributed by atoms with E-state index in [2.05, 4.69) is 20.4 Å². The first kappa shape index (κ1) is 43.5. The summed E-state index contributed by atoms with van der Waals surface area (Å²) in [6.45, 7) is 0. The molecule has 0 saturated heterocycles. The normalized spacial score (nSPS) is 12.2. The highest BCUT2D eigenvalue weighted by Gasteiger charge is 2.21. The van der Waals surface area contributed by atoms with E-state index in [1.807, 2.05) is 0 Å². The molecule has 0 unspecified atom stereocenters. The fourth-order valence-corrected chi connectivity index (χ4v) is 8.12. The van der Waals surface area contributed by atoms with Crippen LogP contribution in [0.25, 0.3) is 79.5 Å². The summed E-state index contributed by atoms with van der Waals surface area (Å²) >= 11 is 0. The molecular weight excluding hydrogens is 913 g/mol. The van der Waals surface area contributed by atoms with Gasteiger partial charge >= 0.3 is 0 Å². The molecule has 4 aromatic heterocycles. The number of rotatable bonds is 11. The molecule has 4 heterocycles. The van der Waals surface area contributed by atoms with Gasteiger partial charge in [0.25, 0.3) is 40.5 Å². The van der Waals surface area contributed by atoms with Crippen LogP contribution < -0.4 is 0 Å². The van der Waals surface area contributed by atoms with Crippen LogP contribution in [0.15, 0.2) is 153 Å². The lowest BCUT2D eigenvalue weighted by molar-refractivity contribution is 0.481. The van der Waals surface area contributed by atoms with Gasteiger partial charge in [-0.3, -0.25) is 18.2 Å². The van der Waals surface area contributed by atoms with E-state index < -0.39 is 40.5 Å². The van der Waals surface area contributed by atoms with E-state index in [9.17, 15) is 51.9 Å². The molecule has 64 heavy (non-hydrogen) atoms. The van der Waals surface area contributed by atoms with Gasteiger partial charge in [-0.1, -0.05) is 60.7 Å². The number of benzene rings is 4. The first-order chi connectivity index (χ1) is 30.2. The molecule has 8 rings (SSSR count). The topological polar surface area (TPSA) is 321 Å². The third kappa shape index (κ3) is 9.29. The Hall–Kier alpha value is -7.16. The van der Waals surface area contributed by atoms with Crippen LogP contribution in [0, 0.1) is 0 Å². The van der Waals surface area contributed by atoms with Crippen molar-refractivity contribution in [2.24, 2.45) is 0 Å². The SMILES string of the molecule is O=S(=O)(O)c1ccc(-c2nnc(-c3cccc(-c4cccc(-c5nnc(-c6ccc(S(=O)(=O)O)cc6)c(-c6ccc(S(=O)(=O)O)cc6)n5)n4)n3)nc2-c2ccc(S(=O)(=O)O)cc2)cc1. The smallest absolute Gasteiger partial charge is 0.282 e. The van der Waals surface area contributed by atoms with Crippen molar-refractivity contribution in [1.29, 1.82) is 0 Å². The van der Waals surface area contributed by atoms with Crippen molar-refractivity contribution in [2.45, 2.75) is 19.6 Å². The monoisotopic (exact) mass is 938 g/mol. The number of aromatic nitrogens is 8. The molecule has 4 aromatic carbocycles. The molecule has 20 nitrogen and oxygen atoms in total. The quantitative estimate of drug-likeness (QED) is 0.116. The van der Waals surface area contributed by atoms with Crippen LogP contribution in [0.2, 0.25) is 0 Å². The maximum atomic E-state index is 11.8. The number of hydrogen-bond donors (Lipinski definition) is 4. The molecule has 0 aliphatic rings. The molecule has 0 amide bonds. The van der Waals surface area contributed by atoms with Crippen molar-refractivity contribution in [3.8, 4) is 79.5 Å². The fraction of sp³-hybridized carbons (Fsp3) is 0. The molecule has 0 aliphatic carbocycles. The van der Waals surface area contributed by atoms with Crippen LogP contribution in [0.3, 0.4) is 0 Å². The lowest BCUT2D eigenvalue weighted by atomic mass is 10.0. The minimum Gasteiger partial charge on any atom is -0.282 e. The summed E-state index contributed by atoms with van der Waals surface area (Å²) in [5.41, 5.74) is 3.11. The average molecular weight is 939 g/mol. The summed E-state index contributed by atoms with van der Waals surface area (Å²) in [5.74, 6) is 0.0325. The molecule has 0 atom stereocenters. The minimum absolute atomic E-state index is 0.0163. The van der Waals surface area contributed by atoms with Gasteiger partial charge in [0, 0.05) is 22.3 Å². The largest absolute Gasteiger partial charge is 0.294 e. The van der Waals surface area contributed by atoms with Crippen LogP contribution in [-0.4, -0.2) is 92.2 Å². The molecule has 8 aromatic rings. The molecule has 0 saturated carbocycles. The predicted octanol–water partition coefficient (Wildman–Crippen LogP) is 5.50. The Kier molecular flexibility index (Phi) is 11.2. The van der Waals surface area contributed by atoms with Crippen molar-refractivity contribution in [1.82, 2.24) is 40.3 Å². The van der Waals surface area contributed by atoms with Gasteiger partial charge < -0.3 is 0 Å². The van der Waals surface area contributed by atoms with Gasteiger partial charge in [0.15, 0.2) is 0 Å². The third-order valence-corrected chi connectivity index (χ3v) is 12.8. The zero-order chi connectivity index (χ0) is 45.6. The number of nitrogens with zero attached hydrogens (tertiary/aromatic N) is 8. The highest BCUT2D eigenvalue weighted by atomic mass is 32.2. The van der Waals surface area contributed by atoms with Gasteiger partial charge in [-0.2, -0.15) is 33.7 Å². The maximum Gasteiger partial charge on any atom is 0.294 e. The predicted molar refractivity (Wildman–Crippen MR) is 226 cm³/mol. The van der Waals surface area contributed by atoms with E-state index in [1.54, 1.807) is 36.4 Å². The van der Waals surface area contributed by atoms with Gasteiger partial charge in [0.2, 0.25) is 11.6 Å². The summed E-state index contributed by atoms with van der Waals surface area (Å²) in [7, 11) is -18.1. The molecule has 0 fully saturated rings. The summed E-state index contributed by atoms with van der Waals surface area (Å²) in [5, 5.41) is 17.3. The highest BCUT2D eigenvalue weighted by molar-refractivity contribution is 7.86. The Labute approximate surface area is 363 Å². The van der Waals surface area contributed by atoms with E-state index in [0.717, 1.165) is 48.5 Å². The van der Waals surface area contributed by atoms with Crippen molar-refractivity contribution >= 4 is 40.5 Å². The second-order valence-corrected chi connectivity index (χ2v) is 19.2. The molecule has 322 valence electrons. The van der Waals surface area contributed by atoms with Crippen LogP contribution in [-0.2, 0) is 40.5 Å². The van der Waals surface area contributed by atoms with Gasteiger partial charge in [-0.05, 0) is 72.8 Å². The maximum absolute atomic E-state index is 11.8. The summed E-state index contributed by atoms with van der Waals surface area (Å²) in [4.78, 5) is 17.4. The zero-order valence-electron chi connectivity index (χ0n) is 32.0. The third-order valence-electron chi connectivity index (χ3n) is 9.29. The summed E-state index contributed by atoms with van der Waals surface area (Å²) in [6, 6.07) is 30.2. The minimum atomic E-state index is -4.53. The van der Waals surface area contributed by atoms with E-state index in [-0.39, 0.29) is 65.4 Å². The number of pyridine rings is 2. The van der Waals surface area contributed by atoms with E-state index in [1.165, 1.54) is 48.5 Å². The van der Waals surface area contributed by atoms with Gasteiger partial charge in [-0.25, -0.2) is 19.9 Å². The lowest BCUT2D eigenvalue weighted by Crippen LogP contribution is -2.04. The van der Waals surface area contributed by atoms with Crippen molar-refractivity contribution in [3.05, 3.63) is 133 Å². The Morgan fingerprint density at radius 3 is 0.797 bits per heavy atom. The first-order valence-corrected chi connectivity index (χ1v) is 23.7. The molecule has 24 heteroatoms. The second kappa shape index (κ2) is 16.5. The van der Waals surface area contributed by atoms with E-state index in [0.29, 0.717) is 33.6 Å². The Morgan fingerprint density at radius 2 is 0.531 bits per heavy atom. The molecular formula is C40H26N8O12S4. The summed E-state index contributed by atoms with van der Waals surface area (Å²) < 4.78 is 132. The second-order valence-electron chi connectivity index (χ2n) is 13.5. The average Bonchev–Trinajstić information content (AvgIpc) is 3.28. The summed E-state index contributed by atoms with van der Waals surface area (Å²) in [6.07, 6.45) is 0. The van der Waals surface area contributed by atoms with Crippen molar-refractivity contribution in [2.75, 3.05) is 0 Å². The molecule has 0 bridgehead atoms. The molecule has 0 radical (unpaired) electrons. The van der Waals surface area contributed by atoms with Gasteiger partial charge in [0.05, 0.1) is 31.0 Å². The van der Waals surface area contributed by atoms with Crippen LogP contribution >= 0.6 is 0 Å². The molecule has 0 spiro atoms. The molecule has 4 N–H and O–H groups in total. The number of hydrogen-bond acceptors (Lipinski definition) is 16. The van der Waals surface area contributed by atoms with E-state index >= 15 is 0 Å². The molecule has 0 aliphatic heterocycles. The lowest BCUT2D eigenvalue weighted by Gasteiger charge is -2.11. The van der Waals surface area contributed by atoms with E-state index in [4.69, 9.17) is 19.9 Å². The van der Waals surface area contributed by atoms with Crippen molar-refractivity contribution < 1.29 is 51.9 Å². The standard InChI is InChI=1S/C40H26N8O12S4/c49-61(50,51)27-15-7-23(8-16-27)35-37(25-11-19-29(20-12-25)63(55,56)57)45-47-39(43-35)33-5-1-3-31(41-33)32-4-2-6-34(42-32)40-44-36(24-9-17-28(18-10-24)62(52,53)54)38(46-48-40)26-13-21-30(22-14-26)64(58,59)60/h1-22H,(H,49,50,51)(H,52,53,54)(H,55,56,57)(H,58,59,60). The Balaban J connectivity index is 1.18. The zero-order valence-corrected chi connectivity index (χ0v) is 35.2. The van der Waals surface area contributed by atoms with Crippen molar-refractivity contribution in [3.63, 3.8) is 0 Å². The van der Waals surface area contributed by atoms with Crippen LogP contribution in [0.1, 0.15) is 0 Å².